The Morgan fingerprint density at radius 1 is 1.31 bits per heavy atom. The number of ether oxygens (including phenoxy) is 1. The number of nitrogens with zero attached hydrogens (tertiary/aromatic N) is 1. The van der Waals surface area contributed by atoms with E-state index in [1.807, 2.05) is 0 Å². The normalized spacial score (nSPS) is 8.38. The molecule has 0 saturated carbocycles. The molecule has 0 heterocycles. The van der Waals surface area contributed by atoms with Crippen molar-refractivity contribution in [3.8, 4) is 11.5 Å². The Labute approximate surface area is 118 Å². The molecular weight excluding hydrogens is 201 g/mol. The van der Waals surface area contributed by atoms with Crippen LogP contribution in [0.2, 0.25) is 0 Å². The average Bonchev–Trinajstić information content (AvgIpc) is 2.04. The minimum atomic E-state index is -0.877. The molecule has 1 rings (SSSR count). The van der Waals surface area contributed by atoms with E-state index in [0.717, 1.165) is 0 Å². The van der Waals surface area contributed by atoms with Crippen LogP contribution in [0.1, 0.15) is 0 Å². The zero-order chi connectivity index (χ0) is 8.97. The first-order valence-corrected chi connectivity index (χ1v) is 3.19. The first-order valence-electron chi connectivity index (χ1n) is 3.19. The number of rotatable bonds is 3. The van der Waals surface area contributed by atoms with Gasteiger partial charge in [0.2, 0.25) is 0 Å². The van der Waals surface area contributed by atoms with Crippen LogP contribution in [0.4, 0.5) is 0 Å². The molecule has 13 heavy (non-hydrogen) atoms. The number of hydrogen-bond donors (Lipinski definition) is 0. The summed E-state index contributed by atoms with van der Waals surface area (Å²) in [6.07, 6.45) is 0. The van der Waals surface area contributed by atoms with Crippen LogP contribution in [0.15, 0.2) is 24.3 Å². The van der Waals surface area contributed by atoms with E-state index < -0.39 is 5.09 Å². The average molecular weight is 208 g/mol. The SMILES string of the molecule is COc1ccccc1O[N+](=O)[O-].[K]. The van der Waals surface area contributed by atoms with Crippen LogP contribution in [0.25, 0.3) is 0 Å². The molecule has 0 saturated heterocycles. The molecule has 0 atom stereocenters. The van der Waals surface area contributed by atoms with E-state index >= 15 is 0 Å². The molecule has 0 fully saturated rings. The van der Waals surface area contributed by atoms with Crippen molar-refractivity contribution < 1.29 is 14.7 Å². The predicted octanol–water partition coefficient (Wildman–Crippen LogP) is 0.885. The van der Waals surface area contributed by atoms with Crippen LogP contribution in [0.5, 0.6) is 11.5 Å². The minimum Gasteiger partial charge on any atom is -0.494 e. The van der Waals surface area contributed by atoms with Crippen LogP contribution in [-0.4, -0.2) is 63.6 Å². The van der Waals surface area contributed by atoms with E-state index in [9.17, 15) is 10.1 Å². The van der Waals surface area contributed by atoms with Gasteiger partial charge >= 0.3 is 0 Å². The van der Waals surface area contributed by atoms with Crippen LogP contribution in [0.3, 0.4) is 0 Å². The Balaban J connectivity index is 0.00000144. The third kappa shape index (κ3) is 4.05. The fourth-order valence-electron chi connectivity index (χ4n) is 0.775. The van der Waals surface area contributed by atoms with Gasteiger partial charge in [0.1, 0.15) is 5.75 Å². The van der Waals surface area contributed by atoms with Gasteiger partial charge in [-0.3, -0.25) is 4.84 Å². The smallest absolute Gasteiger partial charge is 0.299 e. The Kier molecular flexibility index (Phi) is 6.26. The van der Waals surface area contributed by atoms with Crippen molar-refractivity contribution in [2.75, 3.05) is 7.11 Å². The molecule has 0 aliphatic heterocycles. The van der Waals surface area contributed by atoms with Gasteiger partial charge in [0.05, 0.1) is 7.11 Å². The first-order chi connectivity index (χ1) is 5.74. The molecule has 65 valence electrons. The standard InChI is InChI=1S/C7H7NO4.K/c1-11-6-4-2-3-5-7(6)12-8(9)10;/h2-5H,1H3;. The maximum Gasteiger partial charge on any atom is 0.299 e. The molecule has 0 spiro atoms. The van der Waals surface area contributed by atoms with Gasteiger partial charge in [0.25, 0.3) is 5.09 Å². The summed E-state index contributed by atoms with van der Waals surface area (Å²) in [6.45, 7) is 0. The zero-order valence-corrected chi connectivity index (χ0v) is 10.5. The quantitative estimate of drug-likeness (QED) is 0.420. The van der Waals surface area contributed by atoms with E-state index in [0.29, 0.717) is 5.75 Å². The fourth-order valence-corrected chi connectivity index (χ4v) is 0.775. The summed E-state index contributed by atoms with van der Waals surface area (Å²) in [7, 11) is 1.42. The van der Waals surface area contributed by atoms with Crippen LogP contribution in [-0.2, 0) is 0 Å². The molecule has 5 nitrogen and oxygen atoms in total. The minimum absolute atomic E-state index is 0. The Bertz CT molecular complexity index is 292. The van der Waals surface area contributed by atoms with E-state index in [4.69, 9.17) is 4.74 Å². The van der Waals surface area contributed by atoms with E-state index in [2.05, 4.69) is 4.84 Å². The zero-order valence-electron chi connectivity index (χ0n) is 7.39. The predicted molar refractivity (Wildman–Crippen MR) is 46.4 cm³/mol. The van der Waals surface area contributed by atoms with Gasteiger partial charge < -0.3 is 4.74 Å². The monoisotopic (exact) mass is 208 g/mol. The number of methoxy groups -OCH3 is 1. The molecule has 1 aromatic carbocycles. The van der Waals surface area contributed by atoms with Crippen molar-refractivity contribution in [2.45, 2.75) is 0 Å². The second-order valence-corrected chi connectivity index (χ2v) is 1.97. The molecule has 0 aliphatic carbocycles. The van der Waals surface area contributed by atoms with Gasteiger partial charge in [-0.25, -0.2) is 0 Å². The van der Waals surface area contributed by atoms with Gasteiger partial charge in [0.15, 0.2) is 5.75 Å². The van der Waals surface area contributed by atoms with Crippen molar-refractivity contribution in [3.05, 3.63) is 34.4 Å². The Morgan fingerprint density at radius 3 is 2.31 bits per heavy atom. The molecule has 0 aromatic heterocycles. The van der Waals surface area contributed by atoms with E-state index in [1.165, 1.54) is 13.2 Å². The van der Waals surface area contributed by atoms with E-state index in [-0.39, 0.29) is 57.1 Å². The third-order valence-electron chi connectivity index (χ3n) is 1.24. The molecule has 1 radical (unpaired) electrons. The summed E-state index contributed by atoms with van der Waals surface area (Å²) in [5, 5.41) is 9.09. The molecule has 1 aromatic rings. The summed E-state index contributed by atoms with van der Waals surface area (Å²) in [5.74, 6) is 0.444. The number of benzene rings is 1. The number of para-hydroxylation sites is 2. The fraction of sp³-hybridized carbons (Fsp3) is 0.143. The van der Waals surface area contributed by atoms with Crippen LogP contribution < -0.4 is 9.57 Å². The number of hydrogen-bond acceptors (Lipinski definition) is 4. The molecule has 0 amide bonds. The summed E-state index contributed by atoms with van der Waals surface area (Å²) in [6, 6.07) is 6.37. The summed E-state index contributed by atoms with van der Waals surface area (Å²) in [5.41, 5.74) is 0. The van der Waals surface area contributed by atoms with Gasteiger partial charge in [-0.1, -0.05) is 12.1 Å². The first kappa shape index (κ1) is 12.9. The maximum atomic E-state index is 9.96. The van der Waals surface area contributed by atoms with E-state index in [1.54, 1.807) is 18.2 Å². The topological polar surface area (TPSA) is 61.6 Å². The molecule has 0 aliphatic rings. The third-order valence-corrected chi connectivity index (χ3v) is 1.24. The van der Waals surface area contributed by atoms with Gasteiger partial charge in [-0.05, 0) is 12.1 Å². The van der Waals surface area contributed by atoms with Gasteiger partial charge in [0, 0.05) is 51.4 Å². The van der Waals surface area contributed by atoms with Crippen molar-refractivity contribution in [1.82, 2.24) is 0 Å². The summed E-state index contributed by atoms with van der Waals surface area (Å²) in [4.78, 5) is 14.2. The Morgan fingerprint density at radius 2 is 1.85 bits per heavy atom. The maximum absolute atomic E-state index is 9.96. The summed E-state index contributed by atoms with van der Waals surface area (Å²) >= 11 is 0. The van der Waals surface area contributed by atoms with Crippen molar-refractivity contribution >= 4 is 51.4 Å². The Hall–Kier alpha value is -0.144. The molecule has 0 unspecified atom stereocenters. The van der Waals surface area contributed by atoms with Crippen molar-refractivity contribution in [1.29, 1.82) is 0 Å². The van der Waals surface area contributed by atoms with Crippen molar-refractivity contribution in [3.63, 3.8) is 0 Å². The second-order valence-electron chi connectivity index (χ2n) is 1.97. The van der Waals surface area contributed by atoms with Crippen molar-refractivity contribution in [2.24, 2.45) is 0 Å². The summed E-state index contributed by atoms with van der Waals surface area (Å²) < 4.78 is 4.82. The molecule has 0 N–H and O–H groups in total. The second kappa shape index (κ2) is 6.33. The van der Waals surface area contributed by atoms with Gasteiger partial charge in [-0.15, -0.1) is 10.1 Å². The molecular formula is C7H7KNO4. The molecule has 0 bridgehead atoms. The largest absolute Gasteiger partial charge is 0.494 e. The van der Waals surface area contributed by atoms with Gasteiger partial charge in [-0.2, -0.15) is 0 Å². The van der Waals surface area contributed by atoms with Crippen LogP contribution in [0, 0.1) is 10.1 Å². The van der Waals surface area contributed by atoms with Crippen LogP contribution >= 0.6 is 0 Å². The molecule has 6 heteroatoms.